The molecule has 0 atom stereocenters. The molecule has 2 aromatic carbocycles. The van der Waals surface area contributed by atoms with Gasteiger partial charge < -0.3 is 24.9 Å². The third kappa shape index (κ3) is 5.77. The number of carbonyl (C=O) groups excluding carboxylic acids is 1. The van der Waals surface area contributed by atoms with E-state index in [2.05, 4.69) is 5.32 Å². The van der Waals surface area contributed by atoms with Gasteiger partial charge in [0.1, 0.15) is 11.9 Å². The van der Waals surface area contributed by atoms with E-state index in [9.17, 15) is 23.1 Å². The van der Waals surface area contributed by atoms with Gasteiger partial charge in [0, 0.05) is 37.4 Å². The van der Waals surface area contributed by atoms with Gasteiger partial charge in [0.15, 0.2) is 0 Å². The number of carbonyl (C=O) groups is 1. The predicted octanol–water partition coefficient (Wildman–Crippen LogP) is 4.07. The third-order valence-corrected chi connectivity index (χ3v) is 5.68. The maximum atomic E-state index is 12.4. The summed E-state index contributed by atoms with van der Waals surface area (Å²) in [6.45, 7) is 2.25. The van der Waals surface area contributed by atoms with Crippen LogP contribution in [0.1, 0.15) is 24.0 Å². The minimum Gasteiger partial charge on any atom is -0.388 e. The van der Waals surface area contributed by atoms with E-state index in [0.717, 1.165) is 61.3 Å². The Morgan fingerprint density at radius 1 is 1.06 bits per heavy atom. The van der Waals surface area contributed by atoms with Gasteiger partial charge in [-0.25, -0.2) is 0 Å². The fraction of sp³-hybridized carbons (Fsp3) is 0.435. The van der Waals surface area contributed by atoms with E-state index in [1.54, 1.807) is 0 Å². The van der Waals surface area contributed by atoms with E-state index < -0.39 is 17.3 Å². The maximum Gasteiger partial charge on any atom is 0.416 e. The van der Waals surface area contributed by atoms with Crippen molar-refractivity contribution in [3.63, 3.8) is 0 Å². The first-order valence-corrected chi connectivity index (χ1v) is 10.2. The summed E-state index contributed by atoms with van der Waals surface area (Å²) in [7, 11) is 1.87. The molecule has 5 nitrogen and oxygen atoms in total. The minimum atomic E-state index is -4.29. The molecule has 2 aromatic rings. The van der Waals surface area contributed by atoms with Crippen molar-refractivity contribution in [3.05, 3.63) is 59.7 Å². The van der Waals surface area contributed by atoms with Crippen molar-refractivity contribution < 1.29 is 27.8 Å². The molecule has 0 spiro atoms. The lowest BCUT2D eigenvalue weighted by Crippen LogP contribution is -2.46. The molecule has 2 heterocycles. The maximum absolute atomic E-state index is 12.4. The molecule has 0 unspecified atom stereocenters. The van der Waals surface area contributed by atoms with Gasteiger partial charge >= 0.3 is 6.18 Å². The number of benzene rings is 2. The second-order valence-corrected chi connectivity index (χ2v) is 7.86. The number of nitrogens with one attached hydrogen (secondary N) is 1. The summed E-state index contributed by atoms with van der Waals surface area (Å²) >= 11 is 0. The molecule has 8 heteroatoms. The Bertz CT molecular complexity index is 842. The summed E-state index contributed by atoms with van der Waals surface area (Å²) in [6, 6.07) is 12.9. The second kappa shape index (κ2) is 9.70. The minimum absolute atomic E-state index is 0.0932. The SMILES string of the molecule is CNc1ccc(C2(O)COC2)cc1.O=CC1CCN(c2ccc(C(F)(F)F)cc2)CC1. The van der Waals surface area contributed by atoms with Crippen LogP contribution in [0.15, 0.2) is 48.5 Å². The zero-order chi connectivity index (χ0) is 22.5. The van der Waals surface area contributed by atoms with E-state index in [1.165, 1.54) is 12.1 Å². The molecule has 0 amide bonds. The normalized spacial score (nSPS) is 18.4. The summed E-state index contributed by atoms with van der Waals surface area (Å²) in [6.07, 6.45) is -1.79. The zero-order valence-corrected chi connectivity index (χ0v) is 17.4. The Kier molecular flexibility index (Phi) is 7.23. The van der Waals surface area contributed by atoms with Gasteiger partial charge in [-0.2, -0.15) is 13.2 Å². The zero-order valence-electron chi connectivity index (χ0n) is 17.4. The number of hydrogen-bond donors (Lipinski definition) is 2. The highest BCUT2D eigenvalue weighted by Gasteiger charge is 2.37. The van der Waals surface area contributed by atoms with Crippen LogP contribution in [0, 0.1) is 5.92 Å². The molecular formula is C23H27F3N2O3. The van der Waals surface area contributed by atoms with E-state index in [-0.39, 0.29) is 5.92 Å². The first-order chi connectivity index (χ1) is 14.7. The summed E-state index contributed by atoms with van der Waals surface area (Å²) in [5, 5.41) is 12.9. The van der Waals surface area contributed by atoms with E-state index in [0.29, 0.717) is 13.2 Å². The number of anilines is 2. The molecule has 0 aliphatic carbocycles. The summed E-state index contributed by atoms with van der Waals surface area (Å²) in [4.78, 5) is 12.6. The fourth-order valence-corrected chi connectivity index (χ4v) is 3.56. The van der Waals surface area contributed by atoms with Crippen molar-refractivity contribution in [1.82, 2.24) is 0 Å². The highest BCUT2D eigenvalue weighted by atomic mass is 19.4. The van der Waals surface area contributed by atoms with Crippen LogP contribution in [0.2, 0.25) is 0 Å². The van der Waals surface area contributed by atoms with E-state index in [4.69, 9.17) is 4.74 Å². The molecule has 2 aliphatic rings. The molecule has 2 fully saturated rings. The topological polar surface area (TPSA) is 61.8 Å². The van der Waals surface area contributed by atoms with Crippen LogP contribution in [0.25, 0.3) is 0 Å². The molecule has 2 saturated heterocycles. The average molecular weight is 436 g/mol. The van der Waals surface area contributed by atoms with Crippen molar-refractivity contribution >= 4 is 17.7 Å². The first kappa shape index (κ1) is 23.1. The number of rotatable bonds is 4. The van der Waals surface area contributed by atoms with Crippen molar-refractivity contribution in [2.75, 3.05) is 43.6 Å². The van der Waals surface area contributed by atoms with Crippen LogP contribution in [0.3, 0.4) is 0 Å². The molecule has 0 bridgehead atoms. The highest BCUT2D eigenvalue weighted by Crippen LogP contribution is 2.31. The van der Waals surface area contributed by atoms with Gasteiger partial charge in [0.25, 0.3) is 0 Å². The van der Waals surface area contributed by atoms with Gasteiger partial charge in [0.05, 0.1) is 18.8 Å². The molecule has 0 saturated carbocycles. The number of halogens is 3. The Hall–Kier alpha value is -2.58. The fourth-order valence-electron chi connectivity index (χ4n) is 3.56. The van der Waals surface area contributed by atoms with Crippen LogP contribution in [0.5, 0.6) is 0 Å². The molecular weight excluding hydrogens is 409 g/mol. The number of hydrogen-bond acceptors (Lipinski definition) is 5. The van der Waals surface area contributed by atoms with Crippen molar-refractivity contribution in [2.24, 2.45) is 5.92 Å². The number of aliphatic hydroxyl groups is 1. The van der Waals surface area contributed by atoms with Crippen LogP contribution >= 0.6 is 0 Å². The summed E-state index contributed by atoms with van der Waals surface area (Å²) in [5.74, 6) is 0.0932. The molecule has 2 N–H and O–H groups in total. The lowest BCUT2D eigenvalue weighted by Gasteiger charge is -2.36. The molecule has 31 heavy (non-hydrogen) atoms. The smallest absolute Gasteiger partial charge is 0.388 e. The first-order valence-electron chi connectivity index (χ1n) is 10.2. The van der Waals surface area contributed by atoms with Crippen LogP contribution < -0.4 is 10.2 Å². The number of aldehydes is 1. The largest absolute Gasteiger partial charge is 0.416 e. The molecule has 0 aromatic heterocycles. The summed E-state index contributed by atoms with van der Waals surface area (Å²) in [5.41, 5.74) is 1.39. The molecule has 4 rings (SSSR count). The number of ether oxygens (including phenoxy) is 1. The van der Waals surface area contributed by atoms with Crippen LogP contribution in [-0.4, -0.2) is 44.7 Å². The van der Waals surface area contributed by atoms with Crippen molar-refractivity contribution in [2.45, 2.75) is 24.6 Å². The monoisotopic (exact) mass is 436 g/mol. The van der Waals surface area contributed by atoms with Crippen LogP contribution in [-0.2, 0) is 21.3 Å². The second-order valence-electron chi connectivity index (χ2n) is 7.86. The van der Waals surface area contributed by atoms with Crippen molar-refractivity contribution in [3.8, 4) is 0 Å². The third-order valence-electron chi connectivity index (χ3n) is 5.68. The summed E-state index contributed by atoms with van der Waals surface area (Å²) < 4.78 is 42.2. The predicted molar refractivity (Wildman–Crippen MR) is 113 cm³/mol. The Morgan fingerprint density at radius 2 is 1.65 bits per heavy atom. The quantitative estimate of drug-likeness (QED) is 0.708. The molecule has 2 aliphatic heterocycles. The number of piperidine rings is 1. The van der Waals surface area contributed by atoms with Gasteiger partial charge in [-0.05, 0) is 54.8 Å². The number of nitrogens with zero attached hydrogens (tertiary/aromatic N) is 1. The van der Waals surface area contributed by atoms with Gasteiger partial charge in [-0.15, -0.1) is 0 Å². The lowest BCUT2D eigenvalue weighted by molar-refractivity contribution is -0.184. The average Bonchev–Trinajstić information content (AvgIpc) is 2.77. The van der Waals surface area contributed by atoms with Gasteiger partial charge in [-0.3, -0.25) is 0 Å². The Morgan fingerprint density at radius 3 is 2.06 bits per heavy atom. The Balaban J connectivity index is 0.000000185. The number of alkyl halides is 3. The van der Waals surface area contributed by atoms with Gasteiger partial charge in [0.2, 0.25) is 0 Å². The van der Waals surface area contributed by atoms with Crippen LogP contribution in [0.4, 0.5) is 24.5 Å². The molecule has 168 valence electrons. The standard InChI is InChI=1S/C13H14F3NO.C10H13NO2/c14-13(15,16)11-1-3-12(4-2-11)17-7-5-10(9-18)6-8-17;1-11-9-4-2-8(3-5-9)10(12)6-13-7-10/h1-4,9-10H,5-8H2;2-5,11-12H,6-7H2,1H3. The molecule has 0 radical (unpaired) electrons. The van der Waals surface area contributed by atoms with Crippen molar-refractivity contribution in [1.29, 1.82) is 0 Å². The lowest BCUT2D eigenvalue weighted by atomic mass is 9.92. The highest BCUT2D eigenvalue weighted by molar-refractivity contribution is 5.55. The Labute approximate surface area is 179 Å². The van der Waals surface area contributed by atoms with E-state index >= 15 is 0 Å². The van der Waals surface area contributed by atoms with Gasteiger partial charge in [-0.1, -0.05) is 12.1 Å². The van der Waals surface area contributed by atoms with E-state index in [1.807, 2.05) is 36.2 Å².